The van der Waals surface area contributed by atoms with E-state index >= 15 is 0 Å². The fraction of sp³-hybridized carbons (Fsp3) is 0.208. The molecule has 1 aliphatic carbocycles. The highest BCUT2D eigenvalue weighted by Gasteiger charge is 2.20. The number of nitrogens with one attached hydrogen (secondary N) is 1. The molecule has 0 spiro atoms. The number of esters is 1. The van der Waals surface area contributed by atoms with Crippen molar-refractivity contribution in [2.45, 2.75) is 32.3 Å². The van der Waals surface area contributed by atoms with E-state index in [0.717, 1.165) is 41.8 Å². The van der Waals surface area contributed by atoms with Crippen LogP contribution in [0.15, 0.2) is 59.4 Å². The van der Waals surface area contributed by atoms with Crippen LogP contribution in [-0.2, 0) is 24.2 Å². The topological polar surface area (TPSA) is 81.3 Å². The molecule has 156 valence electrons. The van der Waals surface area contributed by atoms with E-state index in [1.54, 1.807) is 35.6 Å². The van der Waals surface area contributed by atoms with Crippen molar-refractivity contribution in [3.05, 3.63) is 86.8 Å². The second kappa shape index (κ2) is 8.35. The monoisotopic (exact) mass is 432 g/mol. The predicted molar refractivity (Wildman–Crippen MR) is 119 cm³/mol. The Labute approximate surface area is 182 Å². The molecule has 2 aromatic heterocycles. The molecule has 0 saturated heterocycles. The van der Waals surface area contributed by atoms with Gasteiger partial charge >= 0.3 is 5.97 Å². The summed E-state index contributed by atoms with van der Waals surface area (Å²) in [6.07, 6.45) is 4.19. The number of para-hydroxylation sites is 1. The van der Waals surface area contributed by atoms with Crippen molar-refractivity contribution in [2.24, 2.45) is 0 Å². The van der Waals surface area contributed by atoms with Crippen molar-refractivity contribution in [3.63, 3.8) is 0 Å². The quantitative estimate of drug-likeness (QED) is 0.448. The Kier molecular flexibility index (Phi) is 5.26. The molecular weight excluding hydrogens is 412 g/mol. The number of nitrogens with zero attached hydrogens (tertiary/aromatic N) is 1. The van der Waals surface area contributed by atoms with Gasteiger partial charge in [-0.05, 0) is 67.6 Å². The number of ether oxygens (including phenoxy) is 2. The number of H-pyrrole nitrogens is 1. The Hall–Kier alpha value is -3.45. The number of aromatic amines is 1. The summed E-state index contributed by atoms with van der Waals surface area (Å²) in [6.45, 7) is -0.0884. The maximum Gasteiger partial charge on any atom is 0.338 e. The normalized spacial score (nSPS) is 13.0. The zero-order valence-corrected chi connectivity index (χ0v) is 17.5. The van der Waals surface area contributed by atoms with Crippen LogP contribution >= 0.6 is 11.3 Å². The number of hydrogen-bond donors (Lipinski definition) is 1. The lowest BCUT2D eigenvalue weighted by molar-refractivity contribution is 0.0462. The second-order valence-corrected chi connectivity index (χ2v) is 8.50. The number of thiophene rings is 1. The lowest BCUT2D eigenvalue weighted by atomic mass is 9.97. The van der Waals surface area contributed by atoms with E-state index in [2.05, 4.69) is 9.97 Å². The van der Waals surface area contributed by atoms with Crippen molar-refractivity contribution < 1.29 is 14.3 Å². The van der Waals surface area contributed by atoms with Crippen LogP contribution < -0.4 is 10.3 Å². The third-order valence-corrected chi connectivity index (χ3v) is 6.47. The zero-order valence-electron chi connectivity index (χ0n) is 16.7. The van der Waals surface area contributed by atoms with E-state index in [1.165, 1.54) is 4.88 Å². The first kappa shape index (κ1) is 19.5. The molecule has 0 amide bonds. The molecule has 31 heavy (non-hydrogen) atoms. The van der Waals surface area contributed by atoms with Crippen LogP contribution in [-0.4, -0.2) is 15.9 Å². The van der Waals surface area contributed by atoms with Gasteiger partial charge in [0.25, 0.3) is 5.56 Å². The largest absolute Gasteiger partial charge is 0.457 e. The van der Waals surface area contributed by atoms with Crippen LogP contribution in [0.4, 0.5) is 0 Å². The number of hydrogen-bond acceptors (Lipinski definition) is 6. The summed E-state index contributed by atoms with van der Waals surface area (Å²) in [5, 5.41) is 0.698. The van der Waals surface area contributed by atoms with Gasteiger partial charge in [0.05, 0.1) is 10.9 Å². The Morgan fingerprint density at radius 2 is 1.74 bits per heavy atom. The van der Waals surface area contributed by atoms with E-state index in [9.17, 15) is 9.59 Å². The SMILES string of the molecule is O=C(OCc1nc2sc3c(c2c(=O)[nH]1)CCCC3)c1ccc(Oc2ccccc2)cc1. The van der Waals surface area contributed by atoms with Crippen molar-refractivity contribution >= 4 is 27.5 Å². The molecule has 1 N–H and O–H groups in total. The van der Waals surface area contributed by atoms with Gasteiger partial charge in [-0.25, -0.2) is 9.78 Å². The third kappa shape index (κ3) is 4.09. The van der Waals surface area contributed by atoms with Crippen molar-refractivity contribution in [1.29, 1.82) is 0 Å². The highest BCUT2D eigenvalue weighted by atomic mass is 32.1. The fourth-order valence-electron chi connectivity index (χ4n) is 3.78. The van der Waals surface area contributed by atoms with E-state index in [1.807, 2.05) is 30.3 Å². The molecule has 5 rings (SSSR count). The molecule has 2 heterocycles. The molecule has 0 aliphatic heterocycles. The number of carbonyl (C=O) groups is 1. The average molecular weight is 433 g/mol. The lowest BCUT2D eigenvalue weighted by Crippen LogP contribution is -2.15. The second-order valence-electron chi connectivity index (χ2n) is 7.42. The van der Waals surface area contributed by atoms with Gasteiger partial charge in [-0.15, -0.1) is 11.3 Å². The van der Waals surface area contributed by atoms with E-state index < -0.39 is 5.97 Å². The maximum absolute atomic E-state index is 12.6. The number of aryl methyl sites for hydroxylation is 2. The van der Waals surface area contributed by atoms with Crippen LogP contribution in [0, 0.1) is 0 Å². The van der Waals surface area contributed by atoms with Crippen LogP contribution in [0.25, 0.3) is 10.2 Å². The highest BCUT2D eigenvalue weighted by Crippen LogP contribution is 2.33. The summed E-state index contributed by atoms with van der Waals surface area (Å²) in [7, 11) is 0. The van der Waals surface area contributed by atoms with Crippen molar-refractivity contribution in [3.8, 4) is 11.5 Å². The predicted octanol–water partition coefficient (Wildman–Crippen LogP) is 5.01. The number of aromatic nitrogens is 2. The first-order valence-electron chi connectivity index (χ1n) is 10.2. The van der Waals surface area contributed by atoms with Crippen LogP contribution in [0.2, 0.25) is 0 Å². The van der Waals surface area contributed by atoms with Crippen LogP contribution in [0.3, 0.4) is 0 Å². The van der Waals surface area contributed by atoms with E-state index in [0.29, 0.717) is 22.5 Å². The highest BCUT2D eigenvalue weighted by molar-refractivity contribution is 7.18. The van der Waals surface area contributed by atoms with Gasteiger partial charge < -0.3 is 14.5 Å². The molecule has 0 fully saturated rings. The van der Waals surface area contributed by atoms with Gasteiger partial charge in [0.1, 0.15) is 28.8 Å². The first-order chi connectivity index (χ1) is 15.2. The summed E-state index contributed by atoms with van der Waals surface area (Å²) in [4.78, 5) is 34.3. The number of benzene rings is 2. The number of fused-ring (bicyclic) bond motifs is 3. The molecule has 4 aromatic rings. The minimum atomic E-state index is -0.487. The molecule has 0 saturated carbocycles. The van der Waals surface area contributed by atoms with Gasteiger partial charge in [-0.1, -0.05) is 18.2 Å². The van der Waals surface area contributed by atoms with Crippen LogP contribution in [0.5, 0.6) is 11.5 Å². The third-order valence-electron chi connectivity index (χ3n) is 5.28. The van der Waals surface area contributed by atoms with E-state index in [-0.39, 0.29) is 12.2 Å². The first-order valence-corrected chi connectivity index (χ1v) is 11.0. The standard InChI is InChI=1S/C24H20N2O4S/c27-22-21-18-8-4-5-9-19(18)31-23(21)26-20(25-22)14-29-24(28)15-10-12-17(13-11-15)30-16-6-2-1-3-7-16/h1-3,6-7,10-13H,4-5,8-9,14H2,(H,25,26,27). The summed E-state index contributed by atoms with van der Waals surface area (Å²) in [6, 6.07) is 16.1. The Morgan fingerprint density at radius 1 is 1.00 bits per heavy atom. The summed E-state index contributed by atoms with van der Waals surface area (Å²) in [5.41, 5.74) is 1.38. The Morgan fingerprint density at radius 3 is 2.55 bits per heavy atom. The minimum Gasteiger partial charge on any atom is -0.457 e. The van der Waals surface area contributed by atoms with Crippen LogP contribution in [0.1, 0.15) is 39.5 Å². The van der Waals surface area contributed by atoms with Crippen molar-refractivity contribution in [2.75, 3.05) is 0 Å². The molecule has 6 nitrogen and oxygen atoms in total. The lowest BCUT2D eigenvalue weighted by Gasteiger charge is -2.09. The Balaban J connectivity index is 1.27. The fourth-order valence-corrected chi connectivity index (χ4v) is 5.06. The van der Waals surface area contributed by atoms with Gasteiger partial charge in [-0.3, -0.25) is 4.79 Å². The smallest absolute Gasteiger partial charge is 0.338 e. The molecule has 0 bridgehead atoms. The van der Waals surface area contributed by atoms with Crippen molar-refractivity contribution in [1.82, 2.24) is 9.97 Å². The molecule has 1 aliphatic rings. The van der Waals surface area contributed by atoms with Gasteiger partial charge in [0.2, 0.25) is 0 Å². The van der Waals surface area contributed by atoms with Gasteiger partial charge in [0, 0.05) is 4.88 Å². The van der Waals surface area contributed by atoms with Gasteiger partial charge in [-0.2, -0.15) is 0 Å². The molecule has 0 radical (unpaired) electrons. The molecule has 7 heteroatoms. The molecular formula is C24H20N2O4S. The minimum absolute atomic E-state index is 0.0884. The van der Waals surface area contributed by atoms with E-state index in [4.69, 9.17) is 9.47 Å². The molecule has 2 aromatic carbocycles. The number of rotatable bonds is 5. The maximum atomic E-state index is 12.6. The van der Waals surface area contributed by atoms with Gasteiger partial charge in [0.15, 0.2) is 0 Å². The average Bonchev–Trinajstić information content (AvgIpc) is 3.17. The molecule has 0 unspecified atom stereocenters. The summed E-state index contributed by atoms with van der Waals surface area (Å²) < 4.78 is 11.1. The summed E-state index contributed by atoms with van der Waals surface area (Å²) in [5.74, 6) is 1.22. The zero-order chi connectivity index (χ0) is 21.2. The Bertz CT molecular complexity index is 1290. The summed E-state index contributed by atoms with van der Waals surface area (Å²) >= 11 is 1.58. The molecule has 0 atom stereocenters. The number of carbonyl (C=O) groups excluding carboxylic acids is 1.